The highest BCUT2D eigenvalue weighted by molar-refractivity contribution is 7.81. The van der Waals surface area contributed by atoms with Gasteiger partial charge in [-0.15, -0.1) is 25.3 Å². The van der Waals surface area contributed by atoms with E-state index in [2.05, 4.69) is 29.9 Å². The van der Waals surface area contributed by atoms with Crippen LogP contribution >= 0.6 is 25.3 Å². The number of hydrogen-bond donors (Lipinski definition) is 2. The molecule has 1 aromatic carbocycles. The van der Waals surface area contributed by atoms with Gasteiger partial charge < -0.3 is 4.65 Å². The van der Waals surface area contributed by atoms with E-state index >= 15 is 0 Å². The van der Waals surface area contributed by atoms with E-state index in [1.807, 2.05) is 19.1 Å². The van der Waals surface area contributed by atoms with Crippen molar-refractivity contribution < 1.29 is 4.65 Å². The average Bonchev–Trinajstić information content (AvgIpc) is 1.99. The minimum atomic E-state index is 0.525. The zero-order chi connectivity index (χ0) is 8.43. The Labute approximate surface area is 78.4 Å². The number of thiol groups is 2. The van der Waals surface area contributed by atoms with Gasteiger partial charge in [-0.1, -0.05) is 6.07 Å². The van der Waals surface area contributed by atoms with Crippen molar-refractivity contribution in [1.29, 1.82) is 0 Å². The smallest absolute Gasteiger partial charge is 0.374 e. The van der Waals surface area contributed by atoms with E-state index < -0.39 is 0 Å². The van der Waals surface area contributed by atoms with Crippen LogP contribution in [0.2, 0.25) is 0 Å². The zero-order valence-electron chi connectivity index (χ0n) is 6.03. The Morgan fingerprint density at radius 1 is 1.36 bits per heavy atom. The van der Waals surface area contributed by atoms with Gasteiger partial charge in [-0.25, -0.2) is 0 Å². The second-order valence-electron chi connectivity index (χ2n) is 2.20. The van der Waals surface area contributed by atoms with Gasteiger partial charge in [0.15, 0.2) is 0 Å². The van der Waals surface area contributed by atoms with Gasteiger partial charge in [0.2, 0.25) is 0 Å². The lowest BCUT2D eigenvalue weighted by Crippen LogP contribution is -1.90. The quantitative estimate of drug-likeness (QED) is 0.499. The second-order valence-corrected chi connectivity index (χ2v) is 3.13. The number of aryl methyl sites for hydroxylation is 1. The monoisotopic (exact) mass is 182 g/mol. The molecule has 11 heavy (non-hydrogen) atoms. The van der Waals surface area contributed by atoms with Crippen LogP contribution in [0.15, 0.2) is 21.9 Å². The molecule has 0 fully saturated rings. The van der Waals surface area contributed by atoms with Crippen LogP contribution in [-0.2, 0) is 0 Å². The first-order valence-electron chi connectivity index (χ1n) is 3.05. The fourth-order valence-electron chi connectivity index (χ4n) is 0.775. The summed E-state index contributed by atoms with van der Waals surface area (Å²) in [6.07, 6.45) is 0. The fraction of sp³-hybridized carbons (Fsp3) is 0.143. The summed E-state index contributed by atoms with van der Waals surface area (Å²) in [6.45, 7) is 1.93. The Morgan fingerprint density at radius 3 is 2.45 bits per heavy atom. The van der Waals surface area contributed by atoms with Gasteiger partial charge in [0.05, 0.1) is 0 Å². The molecule has 0 aromatic heterocycles. The first-order chi connectivity index (χ1) is 5.16. The van der Waals surface area contributed by atoms with Crippen LogP contribution < -0.4 is 4.65 Å². The van der Waals surface area contributed by atoms with Crippen molar-refractivity contribution in [3.8, 4) is 5.75 Å². The molecule has 4 heteroatoms. The first-order valence-corrected chi connectivity index (χ1v) is 3.94. The molecular weight excluding hydrogens is 175 g/mol. The van der Waals surface area contributed by atoms with Gasteiger partial charge in [0, 0.05) is 9.79 Å². The lowest BCUT2D eigenvalue weighted by molar-refractivity contribution is 0.582. The third-order valence-corrected chi connectivity index (χ3v) is 2.34. The van der Waals surface area contributed by atoms with Gasteiger partial charge in [-0.05, 0) is 18.6 Å². The van der Waals surface area contributed by atoms with Crippen molar-refractivity contribution in [2.24, 2.45) is 0 Å². The molecule has 1 nitrogen and oxygen atoms in total. The summed E-state index contributed by atoms with van der Waals surface area (Å²) in [6, 6.07) is 3.73. The van der Waals surface area contributed by atoms with Crippen molar-refractivity contribution >= 4 is 33.3 Å². The summed E-state index contributed by atoms with van der Waals surface area (Å²) in [5.41, 5.74) is 1.02. The van der Waals surface area contributed by atoms with E-state index in [0.29, 0.717) is 10.6 Å². The highest BCUT2D eigenvalue weighted by Gasteiger charge is 2.04. The maximum Gasteiger partial charge on any atom is 0.374 e. The highest BCUT2D eigenvalue weighted by atomic mass is 32.1. The van der Waals surface area contributed by atoms with Crippen LogP contribution in [0.4, 0.5) is 0 Å². The van der Waals surface area contributed by atoms with E-state index in [1.165, 1.54) is 0 Å². The molecule has 0 heterocycles. The molecule has 0 N–H and O–H groups in total. The number of hydrogen-bond acceptors (Lipinski definition) is 3. The van der Waals surface area contributed by atoms with Gasteiger partial charge >= 0.3 is 8.05 Å². The first kappa shape index (κ1) is 8.88. The van der Waals surface area contributed by atoms with Crippen molar-refractivity contribution in [3.05, 3.63) is 17.7 Å². The Morgan fingerprint density at radius 2 is 2.00 bits per heavy atom. The zero-order valence-corrected chi connectivity index (χ0v) is 7.82. The van der Waals surface area contributed by atoms with Crippen molar-refractivity contribution in [1.82, 2.24) is 0 Å². The normalized spacial score (nSPS) is 9.73. The molecule has 0 saturated carbocycles. The van der Waals surface area contributed by atoms with Gasteiger partial charge in [-0.2, -0.15) is 0 Å². The van der Waals surface area contributed by atoms with Gasteiger partial charge in [0.1, 0.15) is 5.75 Å². The molecule has 0 saturated heterocycles. The van der Waals surface area contributed by atoms with E-state index in [-0.39, 0.29) is 0 Å². The molecule has 0 aliphatic heterocycles. The lowest BCUT2D eigenvalue weighted by Gasteiger charge is -2.08. The summed E-state index contributed by atoms with van der Waals surface area (Å²) in [7, 11) is 5.02. The Hall–Kier alpha value is -0.215. The maximum atomic E-state index is 5.02. The second kappa shape index (κ2) is 3.45. The molecule has 0 unspecified atom stereocenters. The van der Waals surface area contributed by atoms with Gasteiger partial charge in [0.25, 0.3) is 0 Å². The largest absolute Gasteiger partial charge is 0.566 e. The Bertz CT molecular complexity index is 275. The molecule has 1 rings (SSSR count). The highest BCUT2D eigenvalue weighted by Crippen LogP contribution is 2.31. The van der Waals surface area contributed by atoms with E-state index in [0.717, 1.165) is 10.5 Å². The van der Waals surface area contributed by atoms with E-state index in [1.54, 1.807) is 0 Å². The predicted octanol–water partition coefficient (Wildman–Crippen LogP) is 2.03. The van der Waals surface area contributed by atoms with Crippen molar-refractivity contribution in [2.75, 3.05) is 0 Å². The fourth-order valence-corrected chi connectivity index (χ4v) is 1.35. The lowest BCUT2D eigenvalue weighted by atomic mass is 10.2. The van der Waals surface area contributed by atoms with E-state index in [9.17, 15) is 0 Å². The van der Waals surface area contributed by atoms with Crippen molar-refractivity contribution in [3.63, 3.8) is 0 Å². The minimum absolute atomic E-state index is 0.525. The third-order valence-electron chi connectivity index (χ3n) is 1.43. The molecule has 0 amide bonds. The van der Waals surface area contributed by atoms with Crippen molar-refractivity contribution in [2.45, 2.75) is 16.7 Å². The van der Waals surface area contributed by atoms with Crippen LogP contribution in [0.3, 0.4) is 0 Å². The topological polar surface area (TPSA) is 9.23 Å². The predicted molar refractivity (Wildman–Crippen MR) is 52.1 cm³/mol. The molecule has 0 aliphatic rings. The maximum absolute atomic E-state index is 5.02. The van der Waals surface area contributed by atoms with E-state index in [4.69, 9.17) is 8.05 Å². The minimum Gasteiger partial charge on any atom is -0.566 e. The van der Waals surface area contributed by atoms with Crippen LogP contribution in [0.5, 0.6) is 5.75 Å². The average molecular weight is 182 g/mol. The Kier molecular flexibility index (Phi) is 2.79. The van der Waals surface area contributed by atoms with Gasteiger partial charge in [-0.3, -0.25) is 0 Å². The Balaban J connectivity index is 3.29. The summed E-state index contributed by atoms with van der Waals surface area (Å²) < 4.78 is 4.60. The molecule has 0 bridgehead atoms. The van der Waals surface area contributed by atoms with Crippen LogP contribution in [0.1, 0.15) is 5.56 Å². The molecule has 0 aliphatic carbocycles. The molecular formula is C7H7BOS2. The SMILES string of the molecule is [B]Oc1c(S)ccc(C)c1S. The summed E-state index contributed by atoms with van der Waals surface area (Å²) >= 11 is 8.35. The molecule has 56 valence electrons. The van der Waals surface area contributed by atoms with Crippen LogP contribution in [-0.4, -0.2) is 8.05 Å². The number of benzene rings is 1. The molecule has 0 atom stereocenters. The standard InChI is InChI=1S/C7H7BOS2/c1-4-2-3-5(10)6(9-8)7(4)11/h2-3,10-11H,1H3. The third kappa shape index (κ3) is 1.68. The summed E-state index contributed by atoms with van der Waals surface area (Å²) in [4.78, 5) is 1.43. The summed E-state index contributed by atoms with van der Waals surface area (Å²) in [5, 5.41) is 0. The molecule has 0 spiro atoms. The molecule has 2 radical (unpaired) electrons. The van der Waals surface area contributed by atoms with Crippen LogP contribution in [0.25, 0.3) is 0 Å². The van der Waals surface area contributed by atoms with Crippen LogP contribution in [0, 0.1) is 6.92 Å². The molecule has 1 aromatic rings. The summed E-state index contributed by atoms with van der Waals surface area (Å²) in [5.74, 6) is 0.525. The number of rotatable bonds is 1.